The van der Waals surface area contributed by atoms with Gasteiger partial charge in [-0.2, -0.15) is 5.26 Å². The quantitative estimate of drug-likeness (QED) is 0.791. The van der Waals surface area contributed by atoms with Crippen LogP contribution in [-0.2, 0) is 10.0 Å². The minimum atomic E-state index is -3.78. The van der Waals surface area contributed by atoms with Crippen molar-refractivity contribution in [2.24, 2.45) is 0 Å². The van der Waals surface area contributed by atoms with Crippen LogP contribution in [0.15, 0.2) is 27.6 Å². The van der Waals surface area contributed by atoms with E-state index in [2.05, 4.69) is 20.7 Å². The smallest absolute Gasteiger partial charge is 0.262 e. The number of aryl methyl sites for hydroxylation is 1. The molecule has 5 nitrogen and oxygen atoms in total. The zero-order valence-electron chi connectivity index (χ0n) is 11.3. The number of halogens is 1. The summed E-state index contributed by atoms with van der Waals surface area (Å²) in [5.74, 6) is 0. The van der Waals surface area contributed by atoms with Gasteiger partial charge < -0.3 is 5.73 Å². The fraction of sp³-hybridized carbons (Fsp3) is 0.154. The molecule has 0 unspecified atom stereocenters. The number of anilines is 2. The van der Waals surface area contributed by atoms with Crippen molar-refractivity contribution in [2.45, 2.75) is 18.7 Å². The Morgan fingerprint density at radius 2 is 2.05 bits per heavy atom. The van der Waals surface area contributed by atoms with Crippen LogP contribution >= 0.6 is 27.3 Å². The molecule has 1 aromatic heterocycles. The van der Waals surface area contributed by atoms with E-state index >= 15 is 0 Å². The van der Waals surface area contributed by atoms with Crippen molar-refractivity contribution >= 4 is 48.0 Å². The molecule has 0 fully saturated rings. The average molecular weight is 386 g/mol. The lowest BCUT2D eigenvalue weighted by molar-refractivity contribution is 0.601. The molecule has 2 aromatic rings. The third-order valence-electron chi connectivity index (χ3n) is 3.00. The topological polar surface area (TPSA) is 96.0 Å². The standard InChI is InChI=1S/C13H12BrN3O2S2/c1-7-8(2)20-13(10(7)6-15)17-21(18,19)9-3-4-11(14)12(16)5-9/h3-5,17H,16H2,1-2H3. The summed E-state index contributed by atoms with van der Waals surface area (Å²) in [5.41, 5.74) is 7.18. The normalized spacial score (nSPS) is 11.1. The van der Waals surface area contributed by atoms with Gasteiger partial charge in [-0.1, -0.05) is 0 Å². The van der Waals surface area contributed by atoms with Crippen molar-refractivity contribution in [3.63, 3.8) is 0 Å². The van der Waals surface area contributed by atoms with E-state index in [-0.39, 0.29) is 4.90 Å². The molecule has 110 valence electrons. The first-order valence-corrected chi connectivity index (χ1v) is 8.93. The van der Waals surface area contributed by atoms with Crippen molar-refractivity contribution in [1.82, 2.24) is 0 Å². The van der Waals surface area contributed by atoms with Crippen LogP contribution in [0.1, 0.15) is 16.0 Å². The van der Waals surface area contributed by atoms with Gasteiger partial charge in [0.05, 0.1) is 10.5 Å². The molecule has 8 heteroatoms. The van der Waals surface area contributed by atoms with Crippen LogP contribution in [0.25, 0.3) is 0 Å². The number of nitriles is 1. The number of rotatable bonds is 3. The summed E-state index contributed by atoms with van der Waals surface area (Å²) in [6, 6.07) is 6.41. The van der Waals surface area contributed by atoms with Gasteiger partial charge in [-0.15, -0.1) is 11.3 Å². The summed E-state index contributed by atoms with van der Waals surface area (Å²) in [7, 11) is -3.78. The number of nitrogen functional groups attached to an aromatic ring is 1. The zero-order valence-corrected chi connectivity index (χ0v) is 14.5. The molecular formula is C13H12BrN3O2S2. The van der Waals surface area contributed by atoms with Crippen molar-refractivity contribution in [1.29, 1.82) is 5.26 Å². The highest BCUT2D eigenvalue weighted by Gasteiger charge is 2.20. The number of thiophene rings is 1. The number of hydrogen-bond donors (Lipinski definition) is 2. The molecule has 0 spiro atoms. The lowest BCUT2D eigenvalue weighted by Crippen LogP contribution is -2.13. The molecule has 0 aliphatic rings. The molecule has 0 saturated carbocycles. The van der Waals surface area contributed by atoms with Gasteiger partial charge in [0, 0.05) is 15.0 Å². The maximum absolute atomic E-state index is 12.4. The Morgan fingerprint density at radius 1 is 1.38 bits per heavy atom. The summed E-state index contributed by atoms with van der Waals surface area (Å²) in [5, 5.41) is 9.48. The van der Waals surface area contributed by atoms with Gasteiger partial charge in [0.25, 0.3) is 10.0 Å². The third kappa shape index (κ3) is 3.05. The first-order valence-electron chi connectivity index (χ1n) is 5.84. The van der Waals surface area contributed by atoms with Gasteiger partial charge in [0.15, 0.2) is 0 Å². The molecule has 0 atom stereocenters. The maximum Gasteiger partial charge on any atom is 0.262 e. The molecule has 0 radical (unpaired) electrons. The van der Waals surface area contributed by atoms with Crippen LogP contribution in [0.5, 0.6) is 0 Å². The number of nitrogens with two attached hydrogens (primary N) is 1. The first-order chi connectivity index (χ1) is 9.76. The van der Waals surface area contributed by atoms with E-state index in [1.807, 2.05) is 13.0 Å². The predicted octanol–water partition coefficient (Wildman–Crippen LogP) is 3.38. The van der Waals surface area contributed by atoms with Crippen LogP contribution in [0.2, 0.25) is 0 Å². The molecule has 21 heavy (non-hydrogen) atoms. The fourth-order valence-corrected chi connectivity index (χ4v) is 4.30. The molecule has 0 saturated heterocycles. The SMILES string of the molecule is Cc1sc(NS(=O)(=O)c2ccc(Br)c(N)c2)c(C#N)c1C. The van der Waals surface area contributed by atoms with Crippen LogP contribution in [0.4, 0.5) is 10.7 Å². The minimum absolute atomic E-state index is 0.0517. The maximum atomic E-state index is 12.4. The molecule has 2 rings (SSSR count). The van der Waals surface area contributed by atoms with E-state index in [0.29, 0.717) is 20.7 Å². The Kier molecular flexibility index (Phi) is 4.27. The van der Waals surface area contributed by atoms with E-state index in [9.17, 15) is 8.42 Å². The van der Waals surface area contributed by atoms with Crippen LogP contribution in [-0.4, -0.2) is 8.42 Å². The Morgan fingerprint density at radius 3 is 2.62 bits per heavy atom. The second-order valence-electron chi connectivity index (χ2n) is 4.39. The van der Waals surface area contributed by atoms with Crippen molar-refractivity contribution in [3.8, 4) is 6.07 Å². The summed E-state index contributed by atoms with van der Waals surface area (Å²) >= 11 is 4.46. The van der Waals surface area contributed by atoms with E-state index < -0.39 is 10.0 Å². The van der Waals surface area contributed by atoms with E-state index in [1.165, 1.54) is 23.5 Å². The van der Waals surface area contributed by atoms with Crippen molar-refractivity contribution in [2.75, 3.05) is 10.5 Å². The monoisotopic (exact) mass is 385 g/mol. The molecule has 0 amide bonds. The van der Waals surface area contributed by atoms with Crippen molar-refractivity contribution < 1.29 is 8.42 Å². The van der Waals surface area contributed by atoms with Crippen LogP contribution in [0.3, 0.4) is 0 Å². The predicted molar refractivity (Wildman–Crippen MR) is 87.9 cm³/mol. The molecule has 3 N–H and O–H groups in total. The fourth-order valence-electron chi connectivity index (χ4n) is 1.70. The number of nitrogens with zero attached hydrogens (tertiary/aromatic N) is 1. The summed E-state index contributed by atoms with van der Waals surface area (Å²) in [6.45, 7) is 3.63. The zero-order chi connectivity index (χ0) is 15.8. The molecular weight excluding hydrogens is 374 g/mol. The molecule has 0 bridgehead atoms. The molecule has 1 aromatic carbocycles. The Labute approximate surface area is 135 Å². The highest BCUT2D eigenvalue weighted by molar-refractivity contribution is 9.10. The van der Waals surface area contributed by atoms with Gasteiger partial charge in [-0.05, 0) is 53.5 Å². The van der Waals surface area contributed by atoms with Gasteiger partial charge in [-0.25, -0.2) is 8.42 Å². The first kappa shape index (κ1) is 15.8. The summed E-state index contributed by atoms with van der Waals surface area (Å²) in [6.07, 6.45) is 0. The van der Waals surface area contributed by atoms with Gasteiger partial charge in [-0.3, -0.25) is 4.72 Å². The summed E-state index contributed by atoms with van der Waals surface area (Å²) < 4.78 is 27.8. The largest absolute Gasteiger partial charge is 0.398 e. The van der Waals surface area contributed by atoms with Gasteiger partial charge >= 0.3 is 0 Å². The number of nitrogens with one attached hydrogen (secondary N) is 1. The highest BCUT2D eigenvalue weighted by Crippen LogP contribution is 2.33. The Balaban J connectivity index is 2.45. The van der Waals surface area contributed by atoms with E-state index in [1.54, 1.807) is 13.0 Å². The number of sulfonamides is 1. The average Bonchev–Trinajstić information content (AvgIpc) is 2.66. The van der Waals surface area contributed by atoms with Crippen LogP contribution in [0, 0.1) is 25.2 Å². The number of benzene rings is 1. The number of hydrogen-bond acceptors (Lipinski definition) is 5. The van der Waals surface area contributed by atoms with E-state index in [4.69, 9.17) is 11.0 Å². The second kappa shape index (κ2) is 5.67. The molecule has 1 heterocycles. The highest BCUT2D eigenvalue weighted by atomic mass is 79.9. The molecule has 0 aliphatic heterocycles. The van der Waals surface area contributed by atoms with Gasteiger partial charge in [0.1, 0.15) is 11.1 Å². The minimum Gasteiger partial charge on any atom is -0.398 e. The van der Waals surface area contributed by atoms with Crippen molar-refractivity contribution in [3.05, 3.63) is 38.7 Å². The molecule has 0 aliphatic carbocycles. The lowest BCUT2D eigenvalue weighted by Gasteiger charge is -2.08. The third-order valence-corrected chi connectivity index (χ3v) is 6.32. The summed E-state index contributed by atoms with van der Waals surface area (Å²) in [4.78, 5) is 0.954. The Hall–Kier alpha value is -1.56. The van der Waals surface area contributed by atoms with Gasteiger partial charge in [0.2, 0.25) is 0 Å². The second-order valence-corrected chi connectivity index (χ2v) is 8.15. The Bertz CT molecular complexity index is 851. The van der Waals surface area contributed by atoms with E-state index in [0.717, 1.165) is 10.4 Å². The lowest BCUT2D eigenvalue weighted by atomic mass is 10.2. The van der Waals surface area contributed by atoms with Crippen LogP contribution < -0.4 is 10.5 Å².